The van der Waals surface area contributed by atoms with Gasteiger partial charge < -0.3 is 15.0 Å². The predicted octanol–water partition coefficient (Wildman–Crippen LogP) is 0.0903. The highest BCUT2D eigenvalue weighted by molar-refractivity contribution is 6.30. The fourth-order valence-corrected chi connectivity index (χ4v) is 2.04. The van der Waals surface area contributed by atoms with Crippen molar-refractivity contribution in [1.29, 1.82) is 0 Å². The van der Waals surface area contributed by atoms with E-state index in [1.165, 1.54) is 12.3 Å². The third-order valence-electron chi connectivity index (χ3n) is 2.93. The summed E-state index contributed by atoms with van der Waals surface area (Å²) in [5.41, 5.74) is -0.400. The highest BCUT2D eigenvalue weighted by Crippen LogP contribution is 2.05. The van der Waals surface area contributed by atoms with Gasteiger partial charge in [0.05, 0.1) is 18.2 Å². The second-order valence-corrected chi connectivity index (χ2v) is 4.71. The van der Waals surface area contributed by atoms with Crippen LogP contribution >= 0.6 is 11.6 Å². The lowest BCUT2D eigenvalue weighted by molar-refractivity contribution is 0.0383. The highest BCUT2D eigenvalue weighted by Gasteiger charge is 2.13. The van der Waals surface area contributed by atoms with Crippen molar-refractivity contribution in [3.8, 4) is 0 Å². The molecule has 0 spiro atoms. The molecule has 0 saturated carbocycles. The number of morpholine rings is 1. The van der Waals surface area contributed by atoms with Gasteiger partial charge in [0, 0.05) is 32.4 Å². The first-order valence-corrected chi connectivity index (χ1v) is 6.51. The first-order chi connectivity index (χ1) is 9.16. The molecule has 1 amide bonds. The summed E-state index contributed by atoms with van der Waals surface area (Å²) < 4.78 is 5.24. The summed E-state index contributed by atoms with van der Waals surface area (Å²) in [4.78, 5) is 27.9. The molecule has 7 heteroatoms. The molecular weight excluding hydrogens is 270 g/mol. The number of hydrogen-bond acceptors (Lipinski definition) is 4. The average molecular weight is 286 g/mol. The number of hydrogen-bond donors (Lipinski definition) is 2. The Labute approximate surface area is 115 Å². The lowest BCUT2D eigenvalue weighted by atomic mass is 10.2. The summed E-state index contributed by atoms with van der Waals surface area (Å²) >= 11 is 5.74. The van der Waals surface area contributed by atoms with Crippen LogP contribution in [0.4, 0.5) is 0 Å². The summed E-state index contributed by atoms with van der Waals surface area (Å²) in [6.45, 7) is 4.42. The minimum atomic E-state index is -0.437. The van der Waals surface area contributed by atoms with E-state index in [1.54, 1.807) is 0 Å². The molecule has 1 aromatic heterocycles. The Hall–Kier alpha value is -1.37. The third-order valence-corrected chi connectivity index (χ3v) is 3.15. The van der Waals surface area contributed by atoms with Crippen molar-refractivity contribution in [1.82, 2.24) is 15.2 Å². The molecule has 2 N–H and O–H groups in total. The number of H-pyrrole nitrogens is 1. The van der Waals surface area contributed by atoms with Crippen LogP contribution in [0.15, 0.2) is 17.1 Å². The molecule has 1 fully saturated rings. The largest absolute Gasteiger partial charge is 0.379 e. The molecule has 0 aliphatic carbocycles. The number of carbonyl (C=O) groups excluding carboxylic acids is 1. The van der Waals surface area contributed by atoms with E-state index in [-0.39, 0.29) is 5.56 Å². The zero-order valence-corrected chi connectivity index (χ0v) is 11.2. The van der Waals surface area contributed by atoms with Crippen LogP contribution in [0.3, 0.4) is 0 Å². The van der Waals surface area contributed by atoms with Crippen LogP contribution < -0.4 is 10.9 Å². The van der Waals surface area contributed by atoms with E-state index in [4.69, 9.17) is 16.3 Å². The maximum absolute atomic E-state index is 11.8. The lowest BCUT2D eigenvalue weighted by Gasteiger charge is -2.26. The van der Waals surface area contributed by atoms with Gasteiger partial charge in [-0.3, -0.25) is 14.5 Å². The molecule has 0 aromatic carbocycles. The number of rotatable bonds is 4. The summed E-state index contributed by atoms with van der Waals surface area (Å²) in [5.74, 6) is -0.406. The van der Waals surface area contributed by atoms with Crippen LogP contribution in [0.25, 0.3) is 0 Å². The molecule has 1 aliphatic rings. The van der Waals surface area contributed by atoms with Crippen LogP contribution in [0.2, 0.25) is 5.02 Å². The fourth-order valence-electron chi connectivity index (χ4n) is 1.87. The Balaban J connectivity index is 1.83. The van der Waals surface area contributed by atoms with E-state index in [0.717, 1.165) is 32.8 Å². The van der Waals surface area contributed by atoms with Gasteiger partial charge in [0.1, 0.15) is 5.56 Å². The van der Waals surface area contributed by atoms with E-state index < -0.39 is 11.5 Å². The van der Waals surface area contributed by atoms with E-state index in [9.17, 15) is 9.59 Å². The van der Waals surface area contributed by atoms with Crippen molar-refractivity contribution in [2.24, 2.45) is 0 Å². The average Bonchev–Trinajstić information content (AvgIpc) is 2.42. The van der Waals surface area contributed by atoms with Gasteiger partial charge in [-0.15, -0.1) is 0 Å². The SMILES string of the molecule is O=C(NCCN1CCOCC1)c1cc(Cl)c[nH]c1=O. The zero-order chi connectivity index (χ0) is 13.7. The Kier molecular flexibility index (Phi) is 4.95. The molecule has 1 saturated heterocycles. The van der Waals surface area contributed by atoms with Crippen molar-refractivity contribution in [2.45, 2.75) is 0 Å². The van der Waals surface area contributed by atoms with Gasteiger partial charge in [-0.2, -0.15) is 0 Å². The smallest absolute Gasteiger partial charge is 0.260 e. The number of pyridine rings is 1. The van der Waals surface area contributed by atoms with Crippen LogP contribution in [0.5, 0.6) is 0 Å². The molecule has 19 heavy (non-hydrogen) atoms. The van der Waals surface area contributed by atoms with E-state index in [0.29, 0.717) is 11.6 Å². The van der Waals surface area contributed by atoms with E-state index in [1.807, 2.05) is 0 Å². The molecule has 0 bridgehead atoms. The number of halogens is 1. The van der Waals surface area contributed by atoms with Gasteiger partial charge >= 0.3 is 0 Å². The second kappa shape index (κ2) is 6.70. The zero-order valence-electron chi connectivity index (χ0n) is 10.4. The van der Waals surface area contributed by atoms with Crippen LogP contribution in [-0.2, 0) is 4.74 Å². The number of ether oxygens (including phenoxy) is 1. The van der Waals surface area contributed by atoms with Crippen LogP contribution in [0, 0.1) is 0 Å². The highest BCUT2D eigenvalue weighted by atomic mass is 35.5. The maximum atomic E-state index is 11.8. The van der Waals surface area contributed by atoms with E-state index >= 15 is 0 Å². The first kappa shape index (κ1) is 14.0. The molecule has 0 atom stereocenters. The van der Waals surface area contributed by atoms with Crippen molar-refractivity contribution < 1.29 is 9.53 Å². The molecule has 0 radical (unpaired) electrons. The molecule has 0 unspecified atom stereocenters. The number of aromatic amines is 1. The van der Waals surface area contributed by atoms with E-state index in [2.05, 4.69) is 15.2 Å². The molecular formula is C12H16ClN3O3. The molecule has 2 rings (SSSR count). The number of amides is 1. The monoisotopic (exact) mass is 285 g/mol. The van der Waals surface area contributed by atoms with Gasteiger partial charge in [0.2, 0.25) is 0 Å². The fraction of sp³-hybridized carbons (Fsp3) is 0.500. The topological polar surface area (TPSA) is 74.4 Å². The van der Waals surface area contributed by atoms with Crippen molar-refractivity contribution in [3.05, 3.63) is 33.2 Å². The summed E-state index contributed by atoms with van der Waals surface area (Å²) in [6, 6.07) is 1.37. The normalized spacial score (nSPS) is 16.3. The summed E-state index contributed by atoms with van der Waals surface area (Å²) in [6.07, 6.45) is 1.36. The first-order valence-electron chi connectivity index (χ1n) is 6.13. The van der Waals surface area contributed by atoms with Gasteiger partial charge in [0.25, 0.3) is 11.5 Å². The molecule has 2 heterocycles. The van der Waals surface area contributed by atoms with Crippen molar-refractivity contribution in [2.75, 3.05) is 39.4 Å². The number of carbonyl (C=O) groups is 1. The Morgan fingerprint density at radius 3 is 2.95 bits per heavy atom. The number of nitrogens with one attached hydrogen (secondary N) is 2. The quantitative estimate of drug-likeness (QED) is 0.822. The maximum Gasteiger partial charge on any atom is 0.260 e. The Bertz CT molecular complexity index is 497. The Morgan fingerprint density at radius 2 is 2.21 bits per heavy atom. The second-order valence-electron chi connectivity index (χ2n) is 4.27. The van der Waals surface area contributed by atoms with Gasteiger partial charge in [-0.25, -0.2) is 0 Å². The van der Waals surface area contributed by atoms with Gasteiger partial charge in [-0.05, 0) is 6.07 Å². The molecule has 1 aromatic rings. The predicted molar refractivity (Wildman–Crippen MR) is 71.7 cm³/mol. The van der Waals surface area contributed by atoms with Crippen molar-refractivity contribution >= 4 is 17.5 Å². The van der Waals surface area contributed by atoms with Gasteiger partial charge in [-0.1, -0.05) is 11.6 Å². The number of aromatic nitrogens is 1. The summed E-state index contributed by atoms with van der Waals surface area (Å²) in [5, 5.41) is 3.05. The molecule has 6 nitrogen and oxygen atoms in total. The number of nitrogens with zero attached hydrogens (tertiary/aromatic N) is 1. The Morgan fingerprint density at radius 1 is 1.47 bits per heavy atom. The molecule has 1 aliphatic heterocycles. The van der Waals surface area contributed by atoms with Crippen LogP contribution in [-0.4, -0.2) is 55.2 Å². The van der Waals surface area contributed by atoms with Crippen LogP contribution in [0.1, 0.15) is 10.4 Å². The standard InChI is InChI=1S/C12H16ClN3O3/c13-9-7-10(12(18)15-8-9)11(17)14-1-2-16-3-5-19-6-4-16/h7-8H,1-6H2,(H,14,17)(H,15,18). The van der Waals surface area contributed by atoms with Crippen molar-refractivity contribution in [3.63, 3.8) is 0 Å². The lowest BCUT2D eigenvalue weighted by Crippen LogP contribution is -2.41. The van der Waals surface area contributed by atoms with Gasteiger partial charge in [0.15, 0.2) is 0 Å². The summed E-state index contributed by atoms with van der Waals surface area (Å²) in [7, 11) is 0. The minimum absolute atomic E-state index is 0.0366. The minimum Gasteiger partial charge on any atom is -0.379 e. The third kappa shape index (κ3) is 4.05. The molecule has 104 valence electrons.